The first-order chi connectivity index (χ1) is 7.90. The molecule has 1 saturated carbocycles. The van der Waals surface area contributed by atoms with Crippen LogP contribution >= 0.6 is 0 Å². The molecular weight excluding hydrogens is 200 g/mol. The average molecular weight is 216 g/mol. The van der Waals surface area contributed by atoms with Crippen molar-refractivity contribution in [1.82, 2.24) is 0 Å². The van der Waals surface area contributed by atoms with Gasteiger partial charge >= 0.3 is 0 Å². The molecule has 5 aliphatic rings. The summed E-state index contributed by atoms with van der Waals surface area (Å²) in [5, 5.41) is 0. The number of hydrogen-bond acceptors (Lipinski definition) is 2. The van der Waals surface area contributed by atoms with Crippen LogP contribution in [0, 0.1) is 23.7 Å². The molecule has 0 N–H and O–H groups in total. The highest BCUT2D eigenvalue weighted by molar-refractivity contribution is 5.22. The highest BCUT2D eigenvalue weighted by Gasteiger charge is 2.57. The van der Waals surface area contributed by atoms with E-state index in [1.807, 2.05) is 0 Å². The summed E-state index contributed by atoms with van der Waals surface area (Å²) in [5.74, 6) is 3.14. The van der Waals surface area contributed by atoms with E-state index in [2.05, 4.69) is 24.3 Å². The van der Waals surface area contributed by atoms with E-state index >= 15 is 0 Å². The average Bonchev–Trinajstić information content (AvgIpc) is 3.07. The third-order valence-corrected chi connectivity index (χ3v) is 5.49. The molecule has 0 aromatic heterocycles. The summed E-state index contributed by atoms with van der Waals surface area (Å²) in [6.07, 6.45) is 13.5. The molecule has 2 saturated heterocycles. The van der Waals surface area contributed by atoms with Crippen LogP contribution in [0.4, 0.5) is 0 Å². The molecule has 4 heterocycles. The van der Waals surface area contributed by atoms with Crippen molar-refractivity contribution in [3.63, 3.8) is 0 Å². The SMILES string of the molecule is C1=CC2OC1C1CC3C4C=CC(O4)C3CC21. The van der Waals surface area contributed by atoms with E-state index in [1.54, 1.807) is 0 Å². The molecule has 16 heavy (non-hydrogen) atoms. The smallest absolute Gasteiger partial charge is 0.0796 e. The van der Waals surface area contributed by atoms with Gasteiger partial charge in [0.15, 0.2) is 0 Å². The first kappa shape index (κ1) is 8.48. The van der Waals surface area contributed by atoms with Crippen molar-refractivity contribution in [2.45, 2.75) is 37.3 Å². The van der Waals surface area contributed by atoms with Crippen LogP contribution in [0.15, 0.2) is 24.3 Å². The molecule has 4 bridgehead atoms. The minimum Gasteiger partial charge on any atom is -0.366 e. The number of fused-ring (bicyclic) bond motifs is 10. The molecule has 8 unspecified atom stereocenters. The molecular formula is C14H16O2. The molecule has 0 amide bonds. The lowest BCUT2D eigenvalue weighted by atomic mass is 9.62. The minimum absolute atomic E-state index is 0.430. The zero-order chi connectivity index (χ0) is 10.3. The van der Waals surface area contributed by atoms with Crippen LogP contribution in [0.2, 0.25) is 0 Å². The third-order valence-electron chi connectivity index (χ3n) is 5.49. The maximum atomic E-state index is 6.00. The summed E-state index contributed by atoms with van der Waals surface area (Å²) < 4.78 is 12.0. The fourth-order valence-corrected chi connectivity index (χ4v) is 4.80. The van der Waals surface area contributed by atoms with Crippen LogP contribution < -0.4 is 0 Å². The second kappa shape index (κ2) is 2.62. The van der Waals surface area contributed by atoms with E-state index in [4.69, 9.17) is 9.47 Å². The Bertz CT molecular complexity index is 330. The van der Waals surface area contributed by atoms with Crippen molar-refractivity contribution in [2.75, 3.05) is 0 Å². The Morgan fingerprint density at radius 3 is 1.19 bits per heavy atom. The van der Waals surface area contributed by atoms with E-state index in [1.165, 1.54) is 12.8 Å². The summed E-state index contributed by atoms with van der Waals surface area (Å²) in [6, 6.07) is 0. The van der Waals surface area contributed by atoms with Crippen molar-refractivity contribution < 1.29 is 9.47 Å². The molecule has 5 rings (SSSR count). The molecule has 0 radical (unpaired) electrons. The van der Waals surface area contributed by atoms with E-state index in [9.17, 15) is 0 Å². The van der Waals surface area contributed by atoms with Crippen molar-refractivity contribution in [2.24, 2.45) is 23.7 Å². The van der Waals surface area contributed by atoms with Gasteiger partial charge in [0.25, 0.3) is 0 Å². The monoisotopic (exact) mass is 216 g/mol. The quantitative estimate of drug-likeness (QED) is 0.576. The second-order valence-electron chi connectivity index (χ2n) is 6.03. The second-order valence-corrected chi connectivity index (χ2v) is 6.03. The van der Waals surface area contributed by atoms with Crippen LogP contribution in [0.25, 0.3) is 0 Å². The van der Waals surface area contributed by atoms with Gasteiger partial charge in [0.05, 0.1) is 24.4 Å². The van der Waals surface area contributed by atoms with Gasteiger partial charge in [-0.15, -0.1) is 0 Å². The largest absolute Gasteiger partial charge is 0.366 e. The van der Waals surface area contributed by atoms with Gasteiger partial charge in [-0.1, -0.05) is 24.3 Å². The van der Waals surface area contributed by atoms with Crippen molar-refractivity contribution in [1.29, 1.82) is 0 Å². The standard InChI is InChI=1S/C14H16O2/c1-2-12-8-6-10-9(5-7(8)11(1)15-12)13-3-4-14(10)16-13/h1-4,7-14H,5-6H2. The van der Waals surface area contributed by atoms with Gasteiger partial charge in [-0.3, -0.25) is 0 Å². The van der Waals surface area contributed by atoms with Crippen LogP contribution in [-0.4, -0.2) is 24.4 Å². The Balaban J connectivity index is 1.52. The number of hydrogen-bond donors (Lipinski definition) is 0. The Morgan fingerprint density at radius 1 is 0.562 bits per heavy atom. The predicted octanol–water partition coefficient (Wildman–Crippen LogP) is 1.92. The Hall–Kier alpha value is -0.600. The Kier molecular flexibility index (Phi) is 1.39. The van der Waals surface area contributed by atoms with Crippen molar-refractivity contribution in [3.05, 3.63) is 24.3 Å². The molecule has 1 aliphatic carbocycles. The zero-order valence-electron chi connectivity index (χ0n) is 9.16. The predicted molar refractivity (Wildman–Crippen MR) is 58.8 cm³/mol. The van der Waals surface area contributed by atoms with Gasteiger partial charge in [-0.05, 0) is 36.5 Å². The molecule has 3 fully saturated rings. The highest BCUT2D eigenvalue weighted by atomic mass is 16.5. The maximum absolute atomic E-state index is 6.00. The molecule has 0 spiro atoms. The minimum atomic E-state index is 0.430. The third kappa shape index (κ3) is 0.844. The Labute approximate surface area is 95.3 Å². The van der Waals surface area contributed by atoms with Crippen LogP contribution in [-0.2, 0) is 9.47 Å². The summed E-state index contributed by atoms with van der Waals surface area (Å²) >= 11 is 0. The van der Waals surface area contributed by atoms with Gasteiger partial charge in [-0.25, -0.2) is 0 Å². The van der Waals surface area contributed by atoms with Gasteiger partial charge in [0.1, 0.15) is 0 Å². The fourth-order valence-electron chi connectivity index (χ4n) is 4.80. The number of rotatable bonds is 0. The fraction of sp³-hybridized carbons (Fsp3) is 0.714. The molecule has 2 nitrogen and oxygen atoms in total. The van der Waals surface area contributed by atoms with E-state index < -0.39 is 0 Å². The van der Waals surface area contributed by atoms with Gasteiger partial charge in [0.2, 0.25) is 0 Å². The maximum Gasteiger partial charge on any atom is 0.0796 e. The number of ether oxygens (including phenoxy) is 2. The molecule has 0 aromatic carbocycles. The molecule has 0 aromatic rings. The molecule has 2 heteroatoms. The highest BCUT2D eigenvalue weighted by Crippen LogP contribution is 2.56. The summed E-state index contributed by atoms with van der Waals surface area (Å²) in [4.78, 5) is 0. The summed E-state index contributed by atoms with van der Waals surface area (Å²) in [5.41, 5.74) is 0. The first-order valence-electron chi connectivity index (χ1n) is 6.58. The summed E-state index contributed by atoms with van der Waals surface area (Å²) in [6.45, 7) is 0. The van der Waals surface area contributed by atoms with Gasteiger partial charge in [-0.2, -0.15) is 0 Å². The molecule has 8 atom stereocenters. The van der Waals surface area contributed by atoms with Crippen LogP contribution in [0.3, 0.4) is 0 Å². The van der Waals surface area contributed by atoms with Crippen molar-refractivity contribution >= 4 is 0 Å². The summed E-state index contributed by atoms with van der Waals surface area (Å²) in [7, 11) is 0. The van der Waals surface area contributed by atoms with E-state index in [0.717, 1.165) is 23.7 Å². The lowest BCUT2D eigenvalue weighted by Crippen LogP contribution is -2.39. The molecule has 4 aliphatic heterocycles. The Morgan fingerprint density at radius 2 is 0.875 bits per heavy atom. The normalized spacial score (nSPS) is 64.0. The van der Waals surface area contributed by atoms with Gasteiger partial charge < -0.3 is 9.47 Å². The van der Waals surface area contributed by atoms with E-state index in [0.29, 0.717) is 24.4 Å². The van der Waals surface area contributed by atoms with Crippen molar-refractivity contribution in [3.8, 4) is 0 Å². The lowest BCUT2D eigenvalue weighted by Gasteiger charge is -2.39. The molecule has 84 valence electrons. The lowest BCUT2D eigenvalue weighted by molar-refractivity contribution is 0.0882. The zero-order valence-corrected chi connectivity index (χ0v) is 9.16. The topological polar surface area (TPSA) is 18.5 Å². The first-order valence-corrected chi connectivity index (χ1v) is 6.58. The van der Waals surface area contributed by atoms with Crippen LogP contribution in [0.1, 0.15) is 12.8 Å². The van der Waals surface area contributed by atoms with Gasteiger partial charge in [0, 0.05) is 0 Å². The van der Waals surface area contributed by atoms with Crippen LogP contribution in [0.5, 0.6) is 0 Å². The van der Waals surface area contributed by atoms with E-state index in [-0.39, 0.29) is 0 Å².